The third-order valence-electron chi connectivity index (χ3n) is 6.66. The topological polar surface area (TPSA) is 151 Å². The van der Waals surface area contributed by atoms with Gasteiger partial charge in [-0.05, 0) is 89.8 Å². The Morgan fingerprint density at radius 2 is 1.68 bits per heavy atom. The van der Waals surface area contributed by atoms with Crippen molar-refractivity contribution in [3.8, 4) is 5.75 Å². The van der Waals surface area contributed by atoms with E-state index >= 15 is 0 Å². The Bertz CT molecular complexity index is 1280. The number of nitrogens with two attached hydrogens (primary N) is 1. The number of para-hydroxylation sites is 1. The molecule has 11 heteroatoms. The first-order valence-electron chi connectivity index (χ1n) is 13.3. The largest absolute Gasteiger partial charge is 0.508 e. The number of halogens is 1. The van der Waals surface area contributed by atoms with Crippen LogP contribution in [0.3, 0.4) is 0 Å². The lowest BCUT2D eigenvalue weighted by Gasteiger charge is -2.44. The van der Waals surface area contributed by atoms with Crippen molar-refractivity contribution in [2.24, 2.45) is 5.73 Å². The fourth-order valence-corrected chi connectivity index (χ4v) is 4.48. The molecule has 5 N–H and O–H groups in total. The summed E-state index contributed by atoms with van der Waals surface area (Å²) in [5.41, 5.74) is 5.60. The Balaban J connectivity index is 2.73. The summed E-state index contributed by atoms with van der Waals surface area (Å²) in [4.78, 5) is 54.5. The van der Waals surface area contributed by atoms with Gasteiger partial charge in [-0.2, -0.15) is 0 Å². The lowest BCUT2D eigenvalue weighted by molar-refractivity contribution is -0.148. The van der Waals surface area contributed by atoms with Gasteiger partial charge in [0.25, 0.3) is 5.91 Å². The molecule has 0 spiro atoms. The molecule has 0 aliphatic rings. The average Bonchev–Trinajstić information content (AvgIpc) is 2.84. The zero-order chi connectivity index (χ0) is 31.3. The third-order valence-corrected chi connectivity index (χ3v) is 6.98. The van der Waals surface area contributed by atoms with Crippen LogP contribution < -0.4 is 16.4 Å². The lowest BCUT2D eigenvalue weighted by atomic mass is 9.91. The second-order valence-electron chi connectivity index (χ2n) is 11.6. The van der Waals surface area contributed by atoms with Crippen LogP contribution in [0.25, 0.3) is 0 Å². The molecule has 2 unspecified atom stereocenters. The lowest BCUT2D eigenvalue weighted by Crippen LogP contribution is -2.59. The van der Waals surface area contributed by atoms with Crippen LogP contribution in [0.5, 0.6) is 5.75 Å². The normalized spacial score (nSPS) is 13.1. The van der Waals surface area contributed by atoms with E-state index < -0.39 is 53.5 Å². The summed E-state index contributed by atoms with van der Waals surface area (Å²) in [6, 6.07) is 7.07. The maximum Gasteiger partial charge on any atom is 0.408 e. The summed E-state index contributed by atoms with van der Waals surface area (Å²) < 4.78 is 5.32. The number of benzene rings is 2. The molecule has 0 fully saturated rings. The number of carbonyl (C=O) groups is 4. The number of nitrogens with zero attached hydrogens (tertiary/aromatic N) is 1. The number of aromatic hydroxyl groups is 1. The number of anilines is 1. The van der Waals surface area contributed by atoms with Crippen molar-refractivity contribution in [1.29, 1.82) is 0 Å². The molecule has 0 heterocycles. The number of phenols is 1. The van der Waals surface area contributed by atoms with Crippen molar-refractivity contribution in [3.63, 3.8) is 0 Å². The molecule has 0 aliphatic heterocycles. The van der Waals surface area contributed by atoms with Gasteiger partial charge in [0.05, 0.1) is 17.1 Å². The number of alkyl carbamates (subject to hydrolysis) is 1. The highest BCUT2D eigenvalue weighted by atomic mass is 35.5. The molecule has 0 radical (unpaired) electrons. The number of phenolic OH excluding ortho intramolecular Hbond substituents is 1. The highest BCUT2D eigenvalue weighted by molar-refractivity contribution is 6.34. The Hall–Kier alpha value is -3.79. The van der Waals surface area contributed by atoms with Crippen LogP contribution in [0.4, 0.5) is 10.5 Å². The summed E-state index contributed by atoms with van der Waals surface area (Å²) in [5, 5.41) is 15.8. The van der Waals surface area contributed by atoms with Crippen molar-refractivity contribution >= 4 is 41.1 Å². The molecule has 0 saturated carbocycles. The molecule has 2 rings (SSSR count). The van der Waals surface area contributed by atoms with Crippen LogP contribution in [0.2, 0.25) is 5.02 Å². The first-order chi connectivity index (χ1) is 18.9. The number of hydrogen-bond acceptors (Lipinski definition) is 6. The van der Waals surface area contributed by atoms with E-state index in [1.165, 1.54) is 11.0 Å². The van der Waals surface area contributed by atoms with E-state index in [0.717, 1.165) is 0 Å². The number of primary amides is 1. The zero-order valence-electron chi connectivity index (χ0n) is 24.9. The summed E-state index contributed by atoms with van der Waals surface area (Å²) in [5.74, 6) is -2.12. The minimum atomic E-state index is -1.43. The van der Waals surface area contributed by atoms with Gasteiger partial charge in [0.2, 0.25) is 11.8 Å². The van der Waals surface area contributed by atoms with Crippen molar-refractivity contribution in [3.05, 3.63) is 58.1 Å². The Morgan fingerprint density at radius 1 is 1.05 bits per heavy atom. The first-order valence-corrected chi connectivity index (χ1v) is 13.7. The van der Waals surface area contributed by atoms with E-state index in [1.807, 2.05) is 6.92 Å². The molecule has 0 aromatic heterocycles. The molecule has 2 aromatic rings. The molecule has 41 heavy (non-hydrogen) atoms. The van der Waals surface area contributed by atoms with Gasteiger partial charge in [-0.25, -0.2) is 4.79 Å². The molecule has 4 amide bonds. The number of hydrogen-bond donors (Lipinski definition) is 4. The highest BCUT2D eigenvalue weighted by Gasteiger charge is 2.43. The van der Waals surface area contributed by atoms with E-state index in [-0.39, 0.29) is 5.75 Å². The predicted octanol–water partition coefficient (Wildman–Crippen LogP) is 5.13. The van der Waals surface area contributed by atoms with Crippen LogP contribution in [0, 0.1) is 13.8 Å². The quantitative estimate of drug-likeness (QED) is 0.302. The van der Waals surface area contributed by atoms with Crippen molar-refractivity contribution < 1.29 is 29.0 Å². The molecular formula is C30H41ClN4O6. The van der Waals surface area contributed by atoms with E-state index in [2.05, 4.69) is 10.6 Å². The summed E-state index contributed by atoms with van der Waals surface area (Å²) in [6.45, 7) is 13.8. The van der Waals surface area contributed by atoms with E-state index in [1.54, 1.807) is 78.8 Å². The SMILES string of the molecule is CCC(C)(C)N(C(=O)C(CC(N)=O)NC(=O)OC(C)(C)C)C(C(=O)Nc1c(C)cccc1Cl)c1ccc(O)c(C)c1. The van der Waals surface area contributed by atoms with Crippen molar-refractivity contribution in [2.45, 2.75) is 91.5 Å². The third kappa shape index (κ3) is 8.85. The van der Waals surface area contributed by atoms with Crippen molar-refractivity contribution in [2.75, 3.05) is 5.32 Å². The minimum Gasteiger partial charge on any atom is -0.508 e. The monoisotopic (exact) mass is 588 g/mol. The molecule has 0 bridgehead atoms. The smallest absolute Gasteiger partial charge is 0.408 e. The molecule has 224 valence electrons. The maximum atomic E-state index is 14.3. The minimum absolute atomic E-state index is 0.0145. The maximum absolute atomic E-state index is 14.3. The Kier molecular flexibility index (Phi) is 10.8. The number of ether oxygens (including phenoxy) is 1. The molecular weight excluding hydrogens is 548 g/mol. The van der Waals surface area contributed by atoms with E-state index in [4.69, 9.17) is 22.1 Å². The number of nitrogens with one attached hydrogen (secondary N) is 2. The van der Waals surface area contributed by atoms with E-state index in [9.17, 15) is 24.3 Å². The van der Waals surface area contributed by atoms with Crippen molar-refractivity contribution in [1.82, 2.24) is 10.2 Å². The van der Waals surface area contributed by atoms with Crippen LogP contribution in [0.15, 0.2) is 36.4 Å². The summed E-state index contributed by atoms with van der Waals surface area (Å²) in [6.07, 6.45) is -1.04. The standard InChI is InChI=1S/C30H41ClN4O6/c1-9-30(7,8)35(27(39)21(16-23(32)37)33-28(40)41-29(4,5)6)25(19-13-14-22(36)18(3)15-19)26(38)34-24-17(2)11-10-12-20(24)31/h10-15,21,25,36H,9,16H2,1-8H3,(H2,32,37)(H,33,40)(H,34,38). The van der Waals surface area contributed by atoms with Crippen LogP contribution in [0.1, 0.15) is 77.1 Å². The number of rotatable bonds is 10. The van der Waals surface area contributed by atoms with Gasteiger partial charge in [-0.3, -0.25) is 14.4 Å². The molecule has 0 aliphatic carbocycles. The Labute approximate surface area is 246 Å². The molecule has 10 nitrogen and oxygen atoms in total. The fraction of sp³-hybridized carbons (Fsp3) is 0.467. The molecule has 2 aromatic carbocycles. The van der Waals surface area contributed by atoms with Gasteiger partial charge < -0.3 is 31.1 Å². The zero-order valence-corrected chi connectivity index (χ0v) is 25.7. The van der Waals surface area contributed by atoms with Crippen LogP contribution in [-0.4, -0.2) is 51.0 Å². The number of carbonyl (C=O) groups excluding carboxylic acids is 4. The van der Waals surface area contributed by atoms with Gasteiger partial charge in [-0.15, -0.1) is 0 Å². The second kappa shape index (κ2) is 13.2. The van der Waals surface area contributed by atoms with Crippen LogP contribution in [-0.2, 0) is 19.1 Å². The van der Waals surface area contributed by atoms with Gasteiger partial charge >= 0.3 is 6.09 Å². The summed E-state index contributed by atoms with van der Waals surface area (Å²) in [7, 11) is 0. The Morgan fingerprint density at radius 3 is 2.20 bits per heavy atom. The van der Waals surface area contributed by atoms with E-state index in [0.29, 0.717) is 33.8 Å². The molecule has 0 saturated heterocycles. The molecule has 2 atom stereocenters. The van der Waals surface area contributed by atoms with Gasteiger partial charge in [0.15, 0.2) is 0 Å². The van der Waals surface area contributed by atoms with Gasteiger partial charge in [0, 0.05) is 5.54 Å². The van der Waals surface area contributed by atoms with Crippen LogP contribution >= 0.6 is 11.6 Å². The predicted molar refractivity (Wildman–Crippen MR) is 159 cm³/mol. The van der Waals surface area contributed by atoms with Gasteiger partial charge in [0.1, 0.15) is 23.4 Å². The highest BCUT2D eigenvalue weighted by Crippen LogP contribution is 2.36. The second-order valence-corrected chi connectivity index (χ2v) is 12.0. The number of aryl methyl sites for hydroxylation is 2. The first kappa shape index (κ1) is 33.4. The fourth-order valence-electron chi connectivity index (χ4n) is 4.21. The number of amides is 4. The van der Waals surface area contributed by atoms with Gasteiger partial charge in [-0.1, -0.05) is 36.7 Å². The summed E-state index contributed by atoms with van der Waals surface area (Å²) >= 11 is 6.41. The average molecular weight is 589 g/mol.